The lowest BCUT2D eigenvalue weighted by Crippen LogP contribution is -1.97. The molecule has 0 radical (unpaired) electrons. The molecule has 0 aliphatic heterocycles. The Morgan fingerprint density at radius 1 is 1.58 bits per heavy atom. The fraction of sp³-hybridized carbons (Fsp3) is 0.375. The first-order valence-electron chi connectivity index (χ1n) is 3.45. The number of pyridine rings is 1. The molecule has 0 fully saturated rings. The highest BCUT2D eigenvalue weighted by atomic mass is 79.9. The van der Waals surface area contributed by atoms with Crippen molar-refractivity contribution >= 4 is 15.9 Å². The van der Waals surface area contributed by atoms with E-state index in [0.717, 1.165) is 0 Å². The minimum absolute atomic E-state index is 0.0689. The van der Waals surface area contributed by atoms with Crippen LogP contribution in [0.5, 0.6) is 0 Å². The average Bonchev–Trinajstić information content (AvgIpc) is 2.03. The Bertz CT molecular complexity index is 276. The molecular weight excluding hydrogens is 228 g/mol. The van der Waals surface area contributed by atoms with E-state index < -0.39 is 6.43 Å². The van der Waals surface area contributed by atoms with Gasteiger partial charge in [-0.25, -0.2) is 8.78 Å². The second-order valence-electron chi connectivity index (χ2n) is 2.40. The Morgan fingerprint density at radius 2 is 2.25 bits per heavy atom. The van der Waals surface area contributed by atoms with Gasteiger partial charge in [-0.1, -0.05) is 15.9 Å². The van der Waals surface area contributed by atoms with Crippen LogP contribution in [-0.4, -0.2) is 4.98 Å². The number of hydrogen-bond acceptors (Lipinski definition) is 1. The van der Waals surface area contributed by atoms with Gasteiger partial charge in [0, 0.05) is 22.8 Å². The molecule has 1 nitrogen and oxygen atoms in total. The van der Waals surface area contributed by atoms with Gasteiger partial charge in [0.15, 0.2) is 0 Å². The third kappa shape index (κ3) is 1.80. The van der Waals surface area contributed by atoms with Gasteiger partial charge in [0.2, 0.25) is 0 Å². The second-order valence-corrected chi connectivity index (χ2v) is 2.96. The molecule has 0 aliphatic rings. The maximum atomic E-state index is 12.3. The van der Waals surface area contributed by atoms with Gasteiger partial charge in [-0.2, -0.15) is 0 Å². The monoisotopic (exact) mass is 235 g/mol. The quantitative estimate of drug-likeness (QED) is 0.718. The maximum Gasteiger partial charge on any atom is 0.264 e. The van der Waals surface area contributed by atoms with Crippen LogP contribution in [0.4, 0.5) is 8.78 Å². The molecule has 1 aromatic rings. The lowest BCUT2D eigenvalue weighted by Gasteiger charge is -2.07. The number of halogens is 3. The summed E-state index contributed by atoms with van der Waals surface area (Å²) in [6.45, 7) is 1.72. The minimum atomic E-state index is -2.42. The van der Waals surface area contributed by atoms with Crippen molar-refractivity contribution in [2.45, 2.75) is 18.7 Å². The largest absolute Gasteiger partial charge is 0.264 e. The fourth-order valence-corrected chi connectivity index (χ4v) is 1.72. The van der Waals surface area contributed by atoms with E-state index in [1.54, 1.807) is 6.92 Å². The molecule has 4 heteroatoms. The molecule has 0 aromatic carbocycles. The topological polar surface area (TPSA) is 12.9 Å². The van der Waals surface area contributed by atoms with Crippen LogP contribution in [0.1, 0.15) is 23.2 Å². The van der Waals surface area contributed by atoms with Crippen molar-refractivity contribution < 1.29 is 8.78 Å². The lowest BCUT2D eigenvalue weighted by atomic mass is 10.1. The summed E-state index contributed by atoms with van der Waals surface area (Å²) in [5.41, 5.74) is 1.32. The number of alkyl halides is 3. The van der Waals surface area contributed by atoms with Gasteiger partial charge >= 0.3 is 0 Å². The molecule has 0 saturated heterocycles. The summed E-state index contributed by atoms with van der Waals surface area (Å²) in [6, 6.07) is 1.36. The van der Waals surface area contributed by atoms with Crippen molar-refractivity contribution in [1.82, 2.24) is 4.98 Å². The Balaban J connectivity index is 3.18. The van der Waals surface area contributed by atoms with Gasteiger partial charge in [-0.15, -0.1) is 0 Å². The molecule has 0 unspecified atom stereocenters. The van der Waals surface area contributed by atoms with Crippen LogP contribution in [0.25, 0.3) is 0 Å². The first-order valence-corrected chi connectivity index (χ1v) is 4.57. The van der Waals surface area contributed by atoms with E-state index in [4.69, 9.17) is 0 Å². The SMILES string of the molecule is Cc1nccc(C(F)F)c1CBr. The van der Waals surface area contributed by atoms with E-state index in [1.807, 2.05) is 0 Å². The molecule has 1 rings (SSSR count). The highest BCUT2D eigenvalue weighted by Gasteiger charge is 2.13. The van der Waals surface area contributed by atoms with E-state index in [9.17, 15) is 8.78 Å². The molecule has 0 atom stereocenters. The first-order chi connectivity index (χ1) is 5.66. The highest BCUT2D eigenvalue weighted by molar-refractivity contribution is 9.08. The molecule has 0 aliphatic carbocycles. The van der Waals surface area contributed by atoms with Gasteiger partial charge in [-0.3, -0.25) is 4.98 Å². The summed E-state index contributed by atoms with van der Waals surface area (Å²) in [4.78, 5) is 3.93. The van der Waals surface area contributed by atoms with E-state index >= 15 is 0 Å². The second kappa shape index (κ2) is 3.94. The predicted molar refractivity (Wildman–Crippen MR) is 46.6 cm³/mol. The number of hydrogen-bond donors (Lipinski definition) is 0. The molecule has 0 spiro atoms. The zero-order valence-electron chi connectivity index (χ0n) is 6.52. The van der Waals surface area contributed by atoms with E-state index in [1.165, 1.54) is 12.3 Å². The number of aryl methyl sites for hydroxylation is 1. The van der Waals surface area contributed by atoms with Gasteiger partial charge in [-0.05, 0) is 18.6 Å². The van der Waals surface area contributed by atoms with Crippen LogP contribution in [-0.2, 0) is 5.33 Å². The van der Waals surface area contributed by atoms with Crippen molar-refractivity contribution in [2.75, 3.05) is 0 Å². The van der Waals surface area contributed by atoms with Gasteiger partial charge in [0.25, 0.3) is 6.43 Å². The Hall–Kier alpha value is -0.510. The molecule has 0 saturated carbocycles. The number of nitrogens with zero attached hydrogens (tertiary/aromatic N) is 1. The lowest BCUT2D eigenvalue weighted by molar-refractivity contribution is 0.150. The van der Waals surface area contributed by atoms with E-state index in [0.29, 0.717) is 16.6 Å². The molecule has 1 heterocycles. The Labute approximate surface area is 77.9 Å². The zero-order chi connectivity index (χ0) is 9.14. The van der Waals surface area contributed by atoms with Crippen molar-refractivity contribution in [3.05, 3.63) is 29.1 Å². The summed E-state index contributed by atoms with van der Waals surface area (Å²) >= 11 is 3.15. The van der Waals surface area contributed by atoms with Gasteiger partial charge in [0.05, 0.1) is 0 Å². The summed E-state index contributed by atoms with van der Waals surface area (Å²) in [5.74, 6) is 0. The zero-order valence-corrected chi connectivity index (χ0v) is 8.11. The van der Waals surface area contributed by atoms with Crippen molar-refractivity contribution in [3.8, 4) is 0 Å². The fourth-order valence-electron chi connectivity index (χ4n) is 0.995. The summed E-state index contributed by atoms with van der Waals surface area (Å²) in [7, 11) is 0. The number of rotatable bonds is 2. The van der Waals surface area contributed by atoms with Crippen molar-refractivity contribution in [2.24, 2.45) is 0 Å². The summed E-state index contributed by atoms with van der Waals surface area (Å²) in [5, 5.41) is 0.423. The molecule has 66 valence electrons. The van der Waals surface area contributed by atoms with Crippen LogP contribution in [0.2, 0.25) is 0 Å². The molecular formula is C8H8BrF2N. The van der Waals surface area contributed by atoms with Crippen molar-refractivity contribution in [1.29, 1.82) is 0 Å². The third-order valence-electron chi connectivity index (χ3n) is 1.68. The van der Waals surface area contributed by atoms with Crippen LogP contribution >= 0.6 is 15.9 Å². The smallest absolute Gasteiger partial charge is 0.261 e. The molecule has 0 N–H and O–H groups in total. The molecule has 12 heavy (non-hydrogen) atoms. The predicted octanol–water partition coefficient (Wildman–Crippen LogP) is 3.22. The molecule has 0 amide bonds. The van der Waals surface area contributed by atoms with E-state index in [2.05, 4.69) is 20.9 Å². The molecule has 1 aromatic heterocycles. The minimum Gasteiger partial charge on any atom is -0.261 e. The van der Waals surface area contributed by atoms with Crippen LogP contribution in [0.15, 0.2) is 12.3 Å². The third-order valence-corrected chi connectivity index (χ3v) is 2.24. The summed E-state index contributed by atoms with van der Waals surface area (Å²) in [6.07, 6.45) is -1.01. The maximum absolute atomic E-state index is 12.3. The van der Waals surface area contributed by atoms with Gasteiger partial charge < -0.3 is 0 Å². The van der Waals surface area contributed by atoms with Crippen LogP contribution in [0.3, 0.4) is 0 Å². The Kier molecular flexibility index (Phi) is 3.14. The molecule has 0 bridgehead atoms. The normalized spacial score (nSPS) is 10.8. The van der Waals surface area contributed by atoms with Crippen molar-refractivity contribution in [3.63, 3.8) is 0 Å². The van der Waals surface area contributed by atoms with Crippen LogP contribution < -0.4 is 0 Å². The van der Waals surface area contributed by atoms with Gasteiger partial charge in [0.1, 0.15) is 0 Å². The first kappa shape index (κ1) is 9.58. The number of aromatic nitrogens is 1. The highest BCUT2D eigenvalue weighted by Crippen LogP contribution is 2.25. The Morgan fingerprint density at radius 3 is 2.67 bits per heavy atom. The van der Waals surface area contributed by atoms with E-state index in [-0.39, 0.29) is 5.56 Å². The van der Waals surface area contributed by atoms with Crippen LogP contribution in [0, 0.1) is 6.92 Å². The standard InChI is InChI=1S/C8H8BrF2N/c1-5-7(4-9)6(8(10)11)2-3-12-5/h2-3,8H,4H2,1H3. The summed E-state index contributed by atoms with van der Waals surface area (Å²) < 4.78 is 24.7. The average molecular weight is 236 g/mol.